The van der Waals surface area contributed by atoms with Crippen LogP contribution in [0.5, 0.6) is 0 Å². The van der Waals surface area contributed by atoms with Gasteiger partial charge in [-0.15, -0.1) is 11.3 Å². The van der Waals surface area contributed by atoms with Gasteiger partial charge in [0.1, 0.15) is 6.04 Å². The van der Waals surface area contributed by atoms with Crippen LogP contribution in [0.15, 0.2) is 11.4 Å². The van der Waals surface area contributed by atoms with Crippen LogP contribution in [0.4, 0.5) is 0 Å². The standard InChI is InChI=1S/C15H19NO4S/c1-20-9-7-12(15(18)19)16(8-9)14(17)11-3-2-4-13-10(11)5-6-21-13/h5-6,9,11-12H,2-4,7-8H2,1H3,(H,18,19). The summed E-state index contributed by atoms with van der Waals surface area (Å²) in [6.07, 6.45) is 3.02. The molecule has 0 bridgehead atoms. The number of nitrogens with zero attached hydrogens (tertiary/aromatic N) is 1. The first-order valence-electron chi connectivity index (χ1n) is 7.24. The molecule has 1 aliphatic carbocycles. The molecule has 0 aromatic carbocycles. The van der Waals surface area contributed by atoms with Crippen LogP contribution in [-0.2, 0) is 20.7 Å². The van der Waals surface area contributed by atoms with Crippen molar-refractivity contribution in [3.8, 4) is 0 Å². The minimum Gasteiger partial charge on any atom is -0.480 e. The van der Waals surface area contributed by atoms with Crippen LogP contribution in [0.25, 0.3) is 0 Å². The maximum absolute atomic E-state index is 12.8. The number of fused-ring (bicyclic) bond motifs is 1. The van der Waals surface area contributed by atoms with Gasteiger partial charge >= 0.3 is 5.97 Å². The van der Waals surface area contributed by atoms with Crippen molar-refractivity contribution in [1.29, 1.82) is 0 Å². The normalized spacial score (nSPS) is 28.4. The lowest BCUT2D eigenvalue weighted by atomic mass is 9.86. The summed E-state index contributed by atoms with van der Waals surface area (Å²) in [7, 11) is 1.56. The number of hydrogen-bond acceptors (Lipinski definition) is 4. The number of aliphatic carboxylic acids is 1. The van der Waals surface area contributed by atoms with E-state index in [1.165, 1.54) is 9.78 Å². The Kier molecular flexibility index (Phi) is 3.99. The van der Waals surface area contributed by atoms with Crippen LogP contribution in [0, 0.1) is 0 Å². The van der Waals surface area contributed by atoms with Crippen LogP contribution in [0.3, 0.4) is 0 Å². The van der Waals surface area contributed by atoms with E-state index in [1.54, 1.807) is 18.4 Å². The zero-order valence-electron chi connectivity index (χ0n) is 11.9. The van der Waals surface area contributed by atoms with Crippen molar-refractivity contribution in [3.05, 3.63) is 21.9 Å². The Labute approximate surface area is 127 Å². The van der Waals surface area contributed by atoms with Crippen molar-refractivity contribution < 1.29 is 19.4 Å². The number of methoxy groups -OCH3 is 1. The summed E-state index contributed by atoms with van der Waals surface area (Å²) in [5.74, 6) is -1.18. The number of carboxylic acid groups (broad SMARTS) is 1. The average molecular weight is 309 g/mol. The van der Waals surface area contributed by atoms with Gasteiger partial charge in [-0.1, -0.05) is 0 Å². The van der Waals surface area contributed by atoms with Crippen molar-refractivity contribution in [1.82, 2.24) is 4.90 Å². The van der Waals surface area contributed by atoms with Crippen molar-refractivity contribution in [3.63, 3.8) is 0 Å². The minimum atomic E-state index is -0.941. The zero-order valence-corrected chi connectivity index (χ0v) is 12.8. The van der Waals surface area contributed by atoms with Gasteiger partial charge in [0.2, 0.25) is 5.91 Å². The van der Waals surface area contributed by atoms with Crippen molar-refractivity contribution >= 4 is 23.2 Å². The summed E-state index contributed by atoms with van der Waals surface area (Å²) in [6, 6.07) is 1.26. The Morgan fingerprint density at radius 3 is 3.00 bits per heavy atom. The van der Waals surface area contributed by atoms with E-state index in [0.717, 1.165) is 24.8 Å². The van der Waals surface area contributed by atoms with Gasteiger partial charge in [-0.05, 0) is 36.3 Å². The van der Waals surface area contributed by atoms with Crippen LogP contribution in [-0.4, -0.2) is 47.7 Å². The molecule has 114 valence electrons. The third-order valence-corrected chi connectivity index (χ3v) is 5.51. The molecule has 1 aromatic heterocycles. The van der Waals surface area contributed by atoms with Gasteiger partial charge in [-0.3, -0.25) is 4.79 Å². The van der Waals surface area contributed by atoms with Crippen LogP contribution in [0.1, 0.15) is 35.6 Å². The summed E-state index contributed by atoms with van der Waals surface area (Å²) < 4.78 is 5.26. The molecule has 1 N–H and O–H groups in total. The SMILES string of the molecule is COC1CC(C(=O)O)N(C(=O)C2CCCc3sccc32)C1. The van der Waals surface area contributed by atoms with E-state index in [-0.39, 0.29) is 17.9 Å². The van der Waals surface area contributed by atoms with Gasteiger partial charge in [-0.2, -0.15) is 0 Å². The molecule has 1 saturated heterocycles. The lowest BCUT2D eigenvalue weighted by Gasteiger charge is -2.29. The number of carbonyl (C=O) groups is 2. The van der Waals surface area contributed by atoms with E-state index in [0.29, 0.717) is 13.0 Å². The first-order chi connectivity index (χ1) is 10.1. The molecular formula is C15H19NO4S. The maximum Gasteiger partial charge on any atom is 0.326 e. The molecule has 2 heterocycles. The molecule has 0 spiro atoms. The number of aryl methyl sites for hydroxylation is 1. The summed E-state index contributed by atoms with van der Waals surface area (Å²) in [5.41, 5.74) is 1.10. The molecule has 0 saturated carbocycles. The number of likely N-dealkylation sites (tertiary alicyclic amines) is 1. The first kappa shape index (κ1) is 14.5. The second kappa shape index (κ2) is 5.77. The molecule has 1 fully saturated rings. The number of hydrogen-bond donors (Lipinski definition) is 1. The van der Waals surface area contributed by atoms with E-state index in [4.69, 9.17) is 4.74 Å². The smallest absolute Gasteiger partial charge is 0.326 e. The Balaban J connectivity index is 1.84. The number of rotatable bonds is 3. The zero-order chi connectivity index (χ0) is 15.0. The van der Waals surface area contributed by atoms with Crippen molar-refractivity contribution in [2.75, 3.05) is 13.7 Å². The topological polar surface area (TPSA) is 66.8 Å². The molecule has 1 aliphatic heterocycles. The highest BCUT2D eigenvalue weighted by molar-refractivity contribution is 7.10. The van der Waals surface area contributed by atoms with E-state index in [2.05, 4.69) is 0 Å². The predicted molar refractivity (Wildman–Crippen MR) is 78.5 cm³/mol. The Bertz CT molecular complexity index is 556. The highest BCUT2D eigenvalue weighted by atomic mass is 32.1. The van der Waals surface area contributed by atoms with Crippen LogP contribution in [0.2, 0.25) is 0 Å². The fraction of sp³-hybridized carbons (Fsp3) is 0.600. The number of ether oxygens (including phenoxy) is 1. The third kappa shape index (κ3) is 2.58. The number of amides is 1. The number of carbonyl (C=O) groups excluding carboxylic acids is 1. The average Bonchev–Trinajstić information content (AvgIpc) is 3.12. The molecule has 1 aromatic rings. The van der Waals surface area contributed by atoms with Crippen LogP contribution < -0.4 is 0 Å². The van der Waals surface area contributed by atoms with E-state index in [9.17, 15) is 14.7 Å². The Morgan fingerprint density at radius 2 is 2.29 bits per heavy atom. The Hall–Kier alpha value is -1.40. The predicted octanol–water partition coefficient (Wildman–Crippen LogP) is 1.87. The van der Waals surface area contributed by atoms with Gasteiger partial charge < -0.3 is 14.7 Å². The first-order valence-corrected chi connectivity index (χ1v) is 8.12. The van der Waals surface area contributed by atoms with Gasteiger partial charge in [0, 0.05) is 25.0 Å². The van der Waals surface area contributed by atoms with E-state index in [1.807, 2.05) is 11.4 Å². The lowest BCUT2D eigenvalue weighted by molar-refractivity contribution is -0.148. The highest BCUT2D eigenvalue weighted by Crippen LogP contribution is 2.37. The second-order valence-electron chi connectivity index (χ2n) is 5.68. The van der Waals surface area contributed by atoms with Gasteiger partial charge in [0.15, 0.2) is 0 Å². The van der Waals surface area contributed by atoms with E-state index >= 15 is 0 Å². The monoisotopic (exact) mass is 309 g/mol. The summed E-state index contributed by atoms with van der Waals surface area (Å²) >= 11 is 1.69. The van der Waals surface area contributed by atoms with E-state index < -0.39 is 12.0 Å². The third-order valence-electron chi connectivity index (χ3n) is 4.51. The fourth-order valence-corrected chi connectivity index (χ4v) is 4.38. The molecule has 3 atom stereocenters. The molecule has 3 rings (SSSR count). The summed E-state index contributed by atoms with van der Waals surface area (Å²) in [4.78, 5) is 27.0. The quantitative estimate of drug-likeness (QED) is 0.925. The largest absolute Gasteiger partial charge is 0.480 e. The Morgan fingerprint density at radius 1 is 1.48 bits per heavy atom. The lowest BCUT2D eigenvalue weighted by Crippen LogP contribution is -2.43. The maximum atomic E-state index is 12.8. The van der Waals surface area contributed by atoms with Gasteiger partial charge in [0.25, 0.3) is 0 Å². The molecule has 3 unspecified atom stereocenters. The van der Waals surface area contributed by atoms with Gasteiger partial charge in [0.05, 0.1) is 12.0 Å². The summed E-state index contributed by atoms with van der Waals surface area (Å²) in [5, 5.41) is 11.4. The molecule has 5 nitrogen and oxygen atoms in total. The number of thiophene rings is 1. The fourth-order valence-electron chi connectivity index (χ4n) is 3.39. The van der Waals surface area contributed by atoms with Gasteiger partial charge in [-0.25, -0.2) is 4.79 Å². The van der Waals surface area contributed by atoms with Crippen molar-refractivity contribution in [2.24, 2.45) is 0 Å². The highest BCUT2D eigenvalue weighted by Gasteiger charge is 2.43. The molecule has 2 aliphatic rings. The molecule has 6 heteroatoms. The van der Waals surface area contributed by atoms with Crippen molar-refractivity contribution in [2.45, 2.75) is 43.7 Å². The minimum absolute atomic E-state index is 0.0544. The second-order valence-corrected chi connectivity index (χ2v) is 6.68. The molecular weight excluding hydrogens is 290 g/mol. The molecule has 21 heavy (non-hydrogen) atoms. The molecule has 0 radical (unpaired) electrons. The molecule has 1 amide bonds. The van der Waals surface area contributed by atoms with Crippen LogP contribution >= 0.6 is 11.3 Å². The number of carboxylic acids is 1. The summed E-state index contributed by atoms with van der Waals surface area (Å²) in [6.45, 7) is 0.377.